The molecule has 0 aliphatic rings. The summed E-state index contributed by atoms with van der Waals surface area (Å²) < 4.78 is 5.10. The lowest BCUT2D eigenvalue weighted by Gasteiger charge is -2.28. The Balaban J connectivity index is 2.66. The van der Waals surface area contributed by atoms with Gasteiger partial charge in [-0.2, -0.15) is 0 Å². The van der Waals surface area contributed by atoms with Crippen molar-refractivity contribution in [2.45, 2.75) is 32.2 Å². The first kappa shape index (κ1) is 15.3. The standard InChI is InChI=1S/C15H20N2OS/c1-5-15(6-2,7-3)17-14(19)16-12-8-10-13(18-4)11-9-12/h1,8-11H,6-7H2,2-4H3,(H2,16,17,19). The molecule has 0 aliphatic heterocycles. The van der Waals surface area contributed by atoms with Crippen molar-refractivity contribution >= 4 is 23.0 Å². The Labute approximate surface area is 120 Å². The van der Waals surface area contributed by atoms with Crippen LogP contribution >= 0.6 is 12.2 Å². The highest BCUT2D eigenvalue weighted by atomic mass is 32.1. The van der Waals surface area contributed by atoms with Crippen LogP contribution in [0.5, 0.6) is 5.75 Å². The van der Waals surface area contributed by atoms with Crippen LogP contribution in [-0.2, 0) is 0 Å². The van der Waals surface area contributed by atoms with Crippen molar-refractivity contribution in [3.63, 3.8) is 0 Å². The minimum Gasteiger partial charge on any atom is -0.497 e. The minimum atomic E-state index is -0.378. The number of anilines is 1. The third kappa shape index (κ3) is 4.15. The predicted octanol–water partition coefficient (Wildman–Crippen LogP) is 3.17. The maximum atomic E-state index is 5.59. The van der Waals surface area contributed by atoms with Crippen LogP contribution in [0.4, 0.5) is 5.69 Å². The summed E-state index contributed by atoms with van der Waals surface area (Å²) in [5.41, 5.74) is 0.521. The van der Waals surface area contributed by atoms with Gasteiger partial charge >= 0.3 is 0 Å². The molecule has 0 aliphatic carbocycles. The summed E-state index contributed by atoms with van der Waals surface area (Å²) in [5.74, 6) is 3.60. The summed E-state index contributed by atoms with van der Waals surface area (Å²) in [7, 11) is 1.64. The summed E-state index contributed by atoms with van der Waals surface area (Å²) in [6.07, 6.45) is 7.24. The fourth-order valence-electron chi connectivity index (χ4n) is 1.72. The Morgan fingerprint density at radius 3 is 2.32 bits per heavy atom. The first-order valence-electron chi connectivity index (χ1n) is 6.30. The van der Waals surface area contributed by atoms with Crippen LogP contribution in [0.25, 0.3) is 0 Å². The molecule has 0 saturated carbocycles. The molecule has 0 bridgehead atoms. The van der Waals surface area contributed by atoms with Crippen LogP contribution in [0.2, 0.25) is 0 Å². The van der Waals surface area contributed by atoms with Crippen LogP contribution in [0, 0.1) is 12.3 Å². The summed E-state index contributed by atoms with van der Waals surface area (Å²) >= 11 is 5.30. The van der Waals surface area contributed by atoms with Crippen molar-refractivity contribution in [2.24, 2.45) is 0 Å². The molecule has 3 nitrogen and oxygen atoms in total. The first-order valence-corrected chi connectivity index (χ1v) is 6.71. The number of methoxy groups -OCH3 is 1. The predicted molar refractivity (Wildman–Crippen MR) is 84.5 cm³/mol. The Morgan fingerprint density at radius 1 is 1.32 bits per heavy atom. The van der Waals surface area contributed by atoms with E-state index in [4.69, 9.17) is 23.4 Å². The molecule has 0 heterocycles. The van der Waals surface area contributed by atoms with E-state index in [0.29, 0.717) is 5.11 Å². The normalized spacial score (nSPS) is 10.4. The minimum absolute atomic E-state index is 0.378. The Kier molecular flexibility index (Phi) is 5.65. The molecular weight excluding hydrogens is 256 g/mol. The van der Waals surface area contributed by atoms with Gasteiger partial charge in [0.1, 0.15) is 5.75 Å². The summed E-state index contributed by atoms with van der Waals surface area (Å²) in [4.78, 5) is 0. The number of hydrogen-bond donors (Lipinski definition) is 2. The van der Waals surface area contributed by atoms with E-state index in [1.165, 1.54) is 0 Å². The van der Waals surface area contributed by atoms with E-state index in [2.05, 4.69) is 16.6 Å². The van der Waals surface area contributed by atoms with E-state index in [0.717, 1.165) is 24.3 Å². The quantitative estimate of drug-likeness (QED) is 0.639. The van der Waals surface area contributed by atoms with E-state index in [1.807, 2.05) is 38.1 Å². The molecule has 0 spiro atoms. The molecule has 0 amide bonds. The van der Waals surface area contributed by atoms with E-state index < -0.39 is 0 Å². The van der Waals surface area contributed by atoms with Crippen LogP contribution in [0.3, 0.4) is 0 Å². The molecule has 0 unspecified atom stereocenters. The fraction of sp³-hybridized carbons (Fsp3) is 0.400. The van der Waals surface area contributed by atoms with Gasteiger partial charge in [-0.05, 0) is 49.3 Å². The van der Waals surface area contributed by atoms with Gasteiger partial charge in [-0.25, -0.2) is 0 Å². The zero-order valence-electron chi connectivity index (χ0n) is 11.6. The third-order valence-electron chi connectivity index (χ3n) is 3.18. The molecule has 0 atom stereocenters. The molecule has 19 heavy (non-hydrogen) atoms. The average molecular weight is 276 g/mol. The molecule has 0 saturated heterocycles. The van der Waals surface area contributed by atoms with E-state index >= 15 is 0 Å². The maximum Gasteiger partial charge on any atom is 0.171 e. The van der Waals surface area contributed by atoms with Crippen molar-refractivity contribution in [1.29, 1.82) is 0 Å². The van der Waals surface area contributed by atoms with Crippen molar-refractivity contribution in [3.05, 3.63) is 24.3 Å². The van der Waals surface area contributed by atoms with Crippen molar-refractivity contribution in [3.8, 4) is 18.1 Å². The summed E-state index contributed by atoms with van der Waals surface area (Å²) in [6.45, 7) is 4.10. The highest BCUT2D eigenvalue weighted by molar-refractivity contribution is 7.80. The monoisotopic (exact) mass is 276 g/mol. The molecule has 2 N–H and O–H groups in total. The number of nitrogens with one attached hydrogen (secondary N) is 2. The second-order valence-electron chi connectivity index (χ2n) is 4.24. The zero-order chi connectivity index (χ0) is 14.3. The second kappa shape index (κ2) is 7.01. The zero-order valence-corrected chi connectivity index (χ0v) is 12.4. The van der Waals surface area contributed by atoms with Crippen LogP contribution in [0.15, 0.2) is 24.3 Å². The van der Waals surface area contributed by atoms with Gasteiger partial charge in [-0.3, -0.25) is 0 Å². The van der Waals surface area contributed by atoms with Crippen LogP contribution in [0.1, 0.15) is 26.7 Å². The van der Waals surface area contributed by atoms with Gasteiger partial charge in [-0.1, -0.05) is 19.8 Å². The number of terminal acetylenes is 1. The van der Waals surface area contributed by atoms with Crippen molar-refractivity contribution in [2.75, 3.05) is 12.4 Å². The number of ether oxygens (including phenoxy) is 1. The Hall–Kier alpha value is -1.73. The molecule has 4 heteroatoms. The molecule has 102 valence electrons. The first-order chi connectivity index (χ1) is 9.09. The van der Waals surface area contributed by atoms with Gasteiger partial charge in [0.15, 0.2) is 5.11 Å². The molecular formula is C15H20N2OS. The largest absolute Gasteiger partial charge is 0.497 e. The highest BCUT2D eigenvalue weighted by Crippen LogP contribution is 2.17. The molecule has 1 aromatic rings. The third-order valence-corrected chi connectivity index (χ3v) is 3.39. The topological polar surface area (TPSA) is 33.3 Å². The van der Waals surface area contributed by atoms with Gasteiger partial charge in [0.05, 0.1) is 12.6 Å². The van der Waals surface area contributed by atoms with Gasteiger partial charge in [0.2, 0.25) is 0 Å². The van der Waals surface area contributed by atoms with Crippen molar-refractivity contribution in [1.82, 2.24) is 5.32 Å². The van der Waals surface area contributed by atoms with Gasteiger partial charge in [0, 0.05) is 5.69 Å². The van der Waals surface area contributed by atoms with E-state index in [1.54, 1.807) is 7.11 Å². The van der Waals surface area contributed by atoms with Gasteiger partial charge in [0.25, 0.3) is 0 Å². The maximum absolute atomic E-state index is 5.59. The molecule has 0 fully saturated rings. The second-order valence-corrected chi connectivity index (χ2v) is 4.65. The van der Waals surface area contributed by atoms with E-state index in [9.17, 15) is 0 Å². The summed E-state index contributed by atoms with van der Waals surface area (Å²) in [5, 5.41) is 6.86. The number of benzene rings is 1. The molecule has 0 radical (unpaired) electrons. The fourth-order valence-corrected chi connectivity index (χ4v) is 2.03. The number of rotatable bonds is 5. The Morgan fingerprint density at radius 2 is 1.89 bits per heavy atom. The lowest BCUT2D eigenvalue weighted by molar-refractivity contribution is 0.415. The summed E-state index contributed by atoms with van der Waals surface area (Å²) in [6, 6.07) is 7.56. The smallest absolute Gasteiger partial charge is 0.171 e. The molecule has 0 aromatic heterocycles. The lowest BCUT2D eigenvalue weighted by atomic mass is 9.94. The van der Waals surface area contributed by atoms with Crippen LogP contribution < -0.4 is 15.4 Å². The number of thiocarbonyl (C=S) groups is 1. The molecule has 1 aromatic carbocycles. The average Bonchev–Trinajstić information content (AvgIpc) is 2.46. The van der Waals surface area contributed by atoms with Crippen molar-refractivity contribution < 1.29 is 4.74 Å². The SMILES string of the molecule is C#CC(CC)(CC)NC(=S)Nc1ccc(OC)cc1. The Bertz CT molecular complexity index is 458. The number of hydrogen-bond acceptors (Lipinski definition) is 2. The van der Waals surface area contributed by atoms with Crippen LogP contribution in [-0.4, -0.2) is 17.8 Å². The molecule has 1 rings (SSSR count). The van der Waals surface area contributed by atoms with Gasteiger partial charge in [-0.15, -0.1) is 6.42 Å². The van der Waals surface area contributed by atoms with Gasteiger partial charge < -0.3 is 15.4 Å². The highest BCUT2D eigenvalue weighted by Gasteiger charge is 2.23. The lowest BCUT2D eigenvalue weighted by Crippen LogP contribution is -2.48. The van der Waals surface area contributed by atoms with E-state index in [-0.39, 0.29) is 5.54 Å².